The lowest BCUT2D eigenvalue weighted by Gasteiger charge is -2.18. The number of carbonyl (C=O) groups is 2. The second-order valence-corrected chi connectivity index (χ2v) is 5.77. The number of carbonyl (C=O) groups excluding carboxylic acids is 2. The van der Waals surface area contributed by atoms with E-state index in [2.05, 4.69) is 10.1 Å². The zero-order valence-electron chi connectivity index (χ0n) is 14.7. The average molecular weight is 378 g/mol. The van der Waals surface area contributed by atoms with Crippen molar-refractivity contribution < 1.29 is 23.8 Å². The van der Waals surface area contributed by atoms with Crippen LogP contribution in [0.4, 0.5) is 5.69 Å². The van der Waals surface area contributed by atoms with Crippen molar-refractivity contribution in [2.45, 2.75) is 19.4 Å². The van der Waals surface area contributed by atoms with Crippen molar-refractivity contribution >= 4 is 29.2 Å². The summed E-state index contributed by atoms with van der Waals surface area (Å²) in [4.78, 5) is 24.2. The maximum absolute atomic E-state index is 12.5. The highest BCUT2D eigenvalue weighted by Gasteiger charge is 2.20. The summed E-state index contributed by atoms with van der Waals surface area (Å²) in [5.41, 5.74) is 0.604. The highest BCUT2D eigenvalue weighted by atomic mass is 35.5. The summed E-state index contributed by atoms with van der Waals surface area (Å²) in [5, 5.41) is 2.97. The molecular formula is C19H20ClNO5. The molecule has 0 bridgehead atoms. The molecule has 138 valence electrons. The smallest absolute Gasteiger partial charge is 0.339 e. The number of methoxy groups -OCH3 is 2. The molecule has 1 atom stereocenters. The van der Waals surface area contributed by atoms with Crippen LogP contribution in [0.5, 0.6) is 11.5 Å². The standard InChI is InChI=1S/C19H20ClNO5/c1-4-17(26-14-8-6-13(24-2)7-9-14)18(22)21-12-5-10-16(20)15(11-12)19(23)25-3/h5-11,17H,4H2,1-3H3,(H,21,22). The lowest BCUT2D eigenvalue weighted by molar-refractivity contribution is -0.122. The first-order chi connectivity index (χ1) is 12.5. The van der Waals surface area contributed by atoms with E-state index in [1.165, 1.54) is 19.2 Å². The first-order valence-corrected chi connectivity index (χ1v) is 8.35. The van der Waals surface area contributed by atoms with Crippen molar-refractivity contribution in [3.05, 3.63) is 53.1 Å². The van der Waals surface area contributed by atoms with Crippen LogP contribution in [0.15, 0.2) is 42.5 Å². The number of halogens is 1. The molecule has 0 aromatic heterocycles. The molecule has 2 rings (SSSR count). The second-order valence-electron chi connectivity index (χ2n) is 5.37. The van der Waals surface area contributed by atoms with Crippen LogP contribution in [0, 0.1) is 0 Å². The quantitative estimate of drug-likeness (QED) is 0.740. The molecule has 6 nitrogen and oxygen atoms in total. The number of benzene rings is 2. The van der Waals surface area contributed by atoms with E-state index in [1.807, 2.05) is 6.92 Å². The van der Waals surface area contributed by atoms with Gasteiger partial charge in [-0.3, -0.25) is 4.79 Å². The third-order valence-electron chi connectivity index (χ3n) is 3.64. The molecular weight excluding hydrogens is 358 g/mol. The molecule has 2 aromatic carbocycles. The zero-order chi connectivity index (χ0) is 19.1. The van der Waals surface area contributed by atoms with Gasteiger partial charge in [-0.05, 0) is 48.9 Å². The number of anilines is 1. The summed E-state index contributed by atoms with van der Waals surface area (Å²) in [6.07, 6.45) is -0.226. The number of hydrogen-bond donors (Lipinski definition) is 1. The van der Waals surface area contributed by atoms with Gasteiger partial charge in [0.05, 0.1) is 24.8 Å². The normalized spacial score (nSPS) is 11.4. The number of ether oxygens (including phenoxy) is 3. The number of hydrogen-bond acceptors (Lipinski definition) is 5. The summed E-state index contributed by atoms with van der Waals surface area (Å²) in [6, 6.07) is 11.6. The molecule has 0 aliphatic heterocycles. The van der Waals surface area contributed by atoms with Crippen molar-refractivity contribution in [3.8, 4) is 11.5 Å². The Morgan fingerprint density at radius 2 is 1.73 bits per heavy atom. The minimum atomic E-state index is -0.694. The second kappa shape index (κ2) is 9.10. The van der Waals surface area contributed by atoms with Crippen LogP contribution < -0.4 is 14.8 Å². The Labute approximate surface area is 157 Å². The topological polar surface area (TPSA) is 73.9 Å². The maximum atomic E-state index is 12.5. The minimum Gasteiger partial charge on any atom is -0.497 e. The van der Waals surface area contributed by atoms with Crippen LogP contribution in [0.2, 0.25) is 5.02 Å². The average Bonchev–Trinajstić information content (AvgIpc) is 2.67. The summed E-state index contributed by atoms with van der Waals surface area (Å²) in [5.74, 6) is 0.347. The molecule has 26 heavy (non-hydrogen) atoms. The van der Waals surface area contributed by atoms with E-state index >= 15 is 0 Å². The van der Waals surface area contributed by atoms with E-state index in [9.17, 15) is 9.59 Å². The fraction of sp³-hybridized carbons (Fsp3) is 0.263. The lowest BCUT2D eigenvalue weighted by Crippen LogP contribution is -2.32. The molecule has 7 heteroatoms. The number of nitrogens with one attached hydrogen (secondary N) is 1. The van der Waals surface area contributed by atoms with Gasteiger partial charge in [-0.1, -0.05) is 18.5 Å². The summed E-state index contributed by atoms with van der Waals surface area (Å²) >= 11 is 5.98. The predicted molar refractivity (Wildman–Crippen MR) is 99.1 cm³/mol. The number of esters is 1. The Morgan fingerprint density at radius 1 is 1.08 bits per heavy atom. The lowest BCUT2D eigenvalue weighted by atomic mass is 10.2. The summed E-state index contributed by atoms with van der Waals surface area (Å²) < 4.78 is 15.5. The fourth-order valence-electron chi connectivity index (χ4n) is 2.23. The molecule has 2 aromatic rings. The predicted octanol–water partition coefficient (Wildman–Crippen LogP) is 3.93. The van der Waals surface area contributed by atoms with Gasteiger partial charge in [0.25, 0.3) is 5.91 Å². The van der Waals surface area contributed by atoms with E-state index in [1.54, 1.807) is 37.4 Å². The molecule has 0 aliphatic rings. The third-order valence-corrected chi connectivity index (χ3v) is 3.97. The van der Waals surface area contributed by atoms with Crippen molar-refractivity contribution in [2.75, 3.05) is 19.5 Å². The Morgan fingerprint density at radius 3 is 2.31 bits per heavy atom. The Hall–Kier alpha value is -2.73. The molecule has 0 heterocycles. The molecule has 1 amide bonds. The van der Waals surface area contributed by atoms with Gasteiger partial charge in [-0.25, -0.2) is 4.79 Å². The molecule has 0 radical (unpaired) electrons. The highest BCUT2D eigenvalue weighted by Crippen LogP contribution is 2.23. The Balaban J connectivity index is 2.09. The van der Waals surface area contributed by atoms with Crippen molar-refractivity contribution in [2.24, 2.45) is 0 Å². The van der Waals surface area contributed by atoms with Crippen LogP contribution in [0.1, 0.15) is 23.7 Å². The van der Waals surface area contributed by atoms with Crippen LogP contribution >= 0.6 is 11.6 Å². The molecule has 0 saturated heterocycles. The first kappa shape index (κ1) is 19.6. The summed E-state index contributed by atoms with van der Waals surface area (Å²) in [7, 11) is 2.84. The molecule has 0 fully saturated rings. The molecule has 0 saturated carbocycles. The van der Waals surface area contributed by atoms with Gasteiger partial charge in [0.2, 0.25) is 0 Å². The molecule has 1 unspecified atom stereocenters. The summed E-state index contributed by atoms with van der Waals surface area (Å²) in [6.45, 7) is 1.84. The van der Waals surface area contributed by atoms with E-state index in [0.29, 0.717) is 23.6 Å². The van der Waals surface area contributed by atoms with Crippen molar-refractivity contribution in [1.82, 2.24) is 0 Å². The van der Waals surface area contributed by atoms with Crippen molar-refractivity contribution in [3.63, 3.8) is 0 Å². The number of rotatable bonds is 7. The van der Waals surface area contributed by atoms with Gasteiger partial charge >= 0.3 is 5.97 Å². The van der Waals surface area contributed by atoms with E-state index in [4.69, 9.17) is 21.1 Å². The zero-order valence-corrected chi connectivity index (χ0v) is 15.5. The number of amides is 1. The molecule has 0 spiro atoms. The van der Waals surface area contributed by atoms with Crippen LogP contribution in [-0.2, 0) is 9.53 Å². The molecule has 0 aliphatic carbocycles. The van der Waals surface area contributed by atoms with Crippen LogP contribution in [0.3, 0.4) is 0 Å². The van der Waals surface area contributed by atoms with Crippen LogP contribution in [-0.4, -0.2) is 32.2 Å². The van der Waals surface area contributed by atoms with Crippen LogP contribution in [0.25, 0.3) is 0 Å². The van der Waals surface area contributed by atoms with E-state index in [-0.39, 0.29) is 16.5 Å². The van der Waals surface area contributed by atoms with Gasteiger partial charge in [-0.2, -0.15) is 0 Å². The van der Waals surface area contributed by atoms with E-state index < -0.39 is 12.1 Å². The fourth-order valence-corrected chi connectivity index (χ4v) is 2.43. The van der Waals surface area contributed by atoms with Gasteiger partial charge in [-0.15, -0.1) is 0 Å². The van der Waals surface area contributed by atoms with Gasteiger partial charge in [0, 0.05) is 5.69 Å². The minimum absolute atomic E-state index is 0.177. The van der Waals surface area contributed by atoms with Gasteiger partial charge in [0.15, 0.2) is 6.10 Å². The largest absolute Gasteiger partial charge is 0.497 e. The van der Waals surface area contributed by atoms with Gasteiger partial charge in [0.1, 0.15) is 11.5 Å². The first-order valence-electron chi connectivity index (χ1n) is 7.98. The van der Waals surface area contributed by atoms with Gasteiger partial charge < -0.3 is 19.5 Å². The Bertz CT molecular complexity index is 776. The van der Waals surface area contributed by atoms with Crippen molar-refractivity contribution in [1.29, 1.82) is 0 Å². The Kier molecular flexibility index (Phi) is 6.86. The maximum Gasteiger partial charge on any atom is 0.339 e. The highest BCUT2D eigenvalue weighted by molar-refractivity contribution is 6.33. The SMILES string of the molecule is CCC(Oc1ccc(OC)cc1)C(=O)Nc1ccc(Cl)c(C(=O)OC)c1. The monoisotopic (exact) mass is 377 g/mol. The molecule has 1 N–H and O–H groups in total. The third kappa shape index (κ3) is 4.89. The van der Waals surface area contributed by atoms with E-state index in [0.717, 1.165) is 0 Å².